The van der Waals surface area contributed by atoms with Crippen LogP contribution in [-0.2, 0) is 9.59 Å². The second kappa shape index (κ2) is 6.73. The summed E-state index contributed by atoms with van der Waals surface area (Å²) < 4.78 is 0. The molecule has 5 aliphatic rings. The van der Waals surface area contributed by atoms with E-state index in [2.05, 4.69) is 54.5 Å². The third-order valence-corrected chi connectivity index (χ3v) is 13.0. The second-order valence-corrected chi connectivity index (χ2v) is 15.0. The fraction of sp³-hybridized carbons (Fsp3) is 0.900. The van der Waals surface area contributed by atoms with Gasteiger partial charge in [0.2, 0.25) is 0 Å². The number of hydrogen-bond donors (Lipinski definition) is 0. The Morgan fingerprint density at radius 3 is 2.15 bits per heavy atom. The maximum absolute atomic E-state index is 14.2. The lowest BCUT2D eigenvalue weighted by molar-refractivity contribution is -0.229. The highest BCUT2D eigenvalue weighted by atomic mass is 16.1. The highest BCUT2D eigenvalue weighted by molar-refractivity contribution is 5.86. The number of rotatable bonds is 0. The third kappa shape index (κ3) is 2.79. The summed E-state index contributed by atoms with van der Waals surface area (Å²) in [7, 11) is 0. The molecule has 8 atom stereocenters. The average molecular weight is 452 g/mol. The quantitative estimate of drug-likeness (QED) is 0.393. The van der Waals surface area contributed by atoms with Gasteiger partial charge in [-0.25, -0.2) is 0 Å². The molecular weight excluding hydrogens is 406 g/mol. The minimum Gasteiger partial charge on any atom is -0.299 e. The van der Waals surface area contributed by atoms with E-state index in [-0.39, 0.29) is 44.3 Å². The average Bonchev–Trinajstić information content (AvgIpc) is 2.72. The largest absolute Gasteiger partial charge is 0.299 e. The predicted molar refractivity (Wildman–Crippen MR) is 130 cm³/mol. The molecule has 182 valence electrons. The summed E-state index contributed by atoms with van der Waals surface area (Å²) in [6, 6.07) is 2.79. The Morgan fingerprint density at radius 2 is 1.48 bits per heavy atom. The van der Waals surface area contributed by atoms with Crippen LogP contribution in [0.25, 0.3) is 0 Å². The molecule has 0 heterocycles. The molecule has 0 aromatic rings. The van der Waals surface area contributed by atoms with E-state index in [1.54, 1.807) is 0 Å². The van der Waals surface area contributed by atoms with E-state index < -0.39 is 0 Å². The van der Waals surface area contributed by atoms with Gasteiger partial charge >= 0.3 is 0 Å². The molecule has 1 unspecified atom stereocenters. The highest BCUT2D eigenvalue weighted by Crippen LogP contribution is 2.76. The van der Waals surface area contributed by atoms with Crippen molar-refractivity contribution in [3.8, 4) is 6.07 Å². The van der Waals surface area contributed by atoms with Crippen molar-refractivity contribution in [1.82, 2.24) is 0 Å². The first-order valence-electron chi connectivity index (χ1n) is 13.6. The molecule has 0 radical (unpaired) electrons. The third-order valence-electron chi connectivity index (χ3n) is 13.0. The van der Waals surface area contributed by atoms with Crippen LogP contribution in [0.3, 0.4) is 0 Å². The zero-order valence-corrected chi connectivity index (χ0v) is 22.1. The molecule has 5 aliphatic carbocycles. The van der Waals surface area contributed by atoms with Gasteiger partial charge in [-0.3, -0.25) is 9.59 Å². The Bertz CT molecular complexity index is 941. The number of hydrogen-bond acceptors (Lipinski definition) is 3. The molecule has 0 N–H and O–H groups in total. The van der Waals surface area contributed by atoms with E-state index in [0.29, 0.717) is 36.2 Å². The molecule has 0 spiro atoms. The lowest BCUT2D eigenvalue weighted by atomic mass is 9.31. The number of carbonyl (C=O) groups is 2. The maximum atomic E-state index is 14.2. The van der Waals surface area contributed by atoms with Crippen molar-refractivity contribution in [3.63, 3.8) is 0 Å². The summed E-state index contributed by atoms with van der Waals surface area (Å²) in [4.78, 5) is 27.1. The number of Topliss-reactive ketones (excluding diaryl/α,β-unsaturated/α-hetero) is 2. The van der Waals surface area contributed by atoms with Gasteiger partial charge < -0.3 is 0 Å². The van der Waals surface area contributed by atoms with Gasteiger partial charge in [0.05, 0.1) is 11.5 Å². The number of nitriles is 1. The van der Waals surface area contributed by atoms with Crippen LogP contribution in [0, 0.1) is 67.5 Å². The van der Waals surface area contributed by atoms with Crippen LogP contribution < -0.4 is 0 Å². The summed E-state index contributed by atoms with van der Waals surface area (Å²) in [5.74, 6) is 1.79. The molecular formula is C30H45NO2. The van der Waals surface area contributed by atoms with Crippen molar-refractivity contribution in [2.75, 3.05) is 0 Å². The normalized spacial score (nSPS) is 52.5. The smallest absolute Gasteiger partial charge is 0.138 e. The summed E-state index contributed by atoms with van der Waals surface area (Å²) >= 11 is 0. The van der Waals surface area contributed by atoms with Crippen LogP contribution in [0.1, 0.15) is 113 Å². The molecule has 0 aromatic heterocycles. The zero-order valence-electron chi connectivity index (χ0n) is 22.1. The van der Waals surface area contributed by atoms with Gasteiger partial charge in [0.1, 0.15) is 11.6 Å². The van der Waals surface area contributed by atoms with E-state index >= 15 is 0 Å². The first kappa shape index (κ1) is 23.6. The Hall–Kier alpha value is -1.17. The number of nitrogens with zero attached hydrogens (tertiary/aromatic N) is 1. The Balaban J connectivity index is 1.59. The first-order chi connectivity index (χ1) is 15.2. The maximum Gasteiger partial charge on any atom is 0.138 e. The van der Waals surface area contributed by atoms with E-state index in [1.807, 2.05) is 0 Å². The van der Waals surface area contributed by atoms with Crippen LogP contribution in [0.15, 0.2) is 0 Å². The van der Waals surface area contributed by atoms with Gasteiger partial charge in [-0.2, -0.15) is 5.26 Å². The fourth-order valence-electron chi connectivity index (χ4n) is 10.7. The lowest BCUT2D eigenvalue weighted by Gasteiger charge is -2.72. The first-order valence-corrected chi connectivity index (χ1v) is 13.6. The van der Waals surface area contributed by atoms with Crippen molar-refractivity contribution >= 4 is 11.6 Å². The molecule has 0 aliphatic heterocycles. The molecule has 5 rings (SSSR count). The molecule has 0 bridgehead atoms. The van der Waals surface area contributed by atoms with Crippen molar-refractivity contribution in [1.29, 1.82) is 5.26 Å². The van der Waals surface area contributed by atoms with Crippen LogP contribution in [0.5, 0.6) is 0 Å². The van der Waals surface area contributed by atoms with Crippen LogP contribution in [-0.4, -0.2) is 11.6 Å². The second-order valence-electron chi connectivity index (χ2n) is 15.0. The zero-order chi connectivity index (χ0) is 24.2. The molecule has 0 aromatic carbocycles. The van der Waals surface area contributed by atoms with E-state index in [0.717, 1.165) is 51.4 Å². The topological polar surface area (TPSA) is 57.9 Å². The standard InChI is InChI=1S/C30H45NO2/c1-25(2)12-14-30(18-31)15-13-29(7)24(19(30)17-25)20(32)16-22-27(5)10-9-23(33)26(3,4)21(27)8-11-28(22,29)6/h19,21-22,24H,8-17H2,1-7H3/t19-,21-,22+,24-,27-,28+,29+,30?/m0/s1. The van der Waals surface area contributed by atoms with Gasteiger partial charge in [0.15, 0.2) is 0 Å². The Labute approximate surface area is 201 Å². The fourth-order valence-corrected chi connectivity index (χ4v) is 10.7. The molecule has 3 heteroatoms. The highest BCUT2D eigenvalue weighted by Gasteiger charge is 2.72. The summed E-state index contributed by atoms with van der Waals surface area (Å²) in [6.45, 7) is 16.4. The van der Waals surface area contributed by atoms with Crippen molar-refractivity contribution in [2.24, 2.45) is 56.2 Å². The summed E-state index contributed by atoms with van der Waals surface area (Å²) in [5.41, 5.74) is -0.298. The van der Waals surface area contributed by atoms with Crippen molar-refractivity contribution in [2.45, 2.75) is 113 Å². The van der Waals surface area contributed by atoms with E-state index in [4.69, 9.17) is 0 Å². The van der Waals surface area contributed by atoms with Gasteiger partial charge in [-0.15, -0.1) is 0 Å². The molecule has 5 saturated carbocycles. The van der Waals surface area contributed by atoms with Gasteiger partial charge in [-0.1, -0.05) is 48.5 Å². The molecule has 3 nitrogen and oxygen atoms in total. The van der Waals surface area contributed by atoms with E-state index in [9.17, 15) is 14.9 Å². The van der Waals surface area contributed by atoms with E-state index in [1.165, 1.54) is 0 Å². The number of ketones is 2. The van der Waals surface area contributed by atoms with Gasteiger partial charge in [0, 0.05) is 24.2 Å². The molecule has 0 amide bonds. The minimum absolute atomic E-state index is 0.0186. The summed E-state index contributed by atoms with van der Waals surface area (Å²) in [6.07, 6.45) is 9.49. The van der Waals surface area contributed by atoms with Gasteiger partial charge in [-0.05, 0) is 90.8 Å². The van der Waals surface area contributed by atoms with Crippen LogP contribution >= 0.6 is 0 Å². The molecule has 5 fully saturated rings. The lowest BCUT2D eigenvalue weighted by Crippen LogP contribution is -2.68. The Morgan fingerprint density at radius 1 is 0.818 bits per heavy atom. The van der Waals surface area contributed by atoms with Gasteiger partial charge in [0.25, 0.3) is 0 Å². The SMILES string of the molecule is CC1(C)CCC2(C#N)CC[C@]3(C)[C@H](C(=O)C[C@@H]4[C@@]5(C)CCC(=O)C(C)(C)[C@@H]5CC[C@]43C)[C@@H]2C1. The number of carbonyl (C=O) groups excluding carboxylic acids is 2. The molecule has 0 saturated heterocycles. The monoisotopic (exact) mass is 451 g/mol. The summed E-state index contributed by atoms with van der Waals surface area (Å²) in [5, 5.41) is 10.4. The molecule has 33 heavy (non-hydrogen) atoms. The Kier molecular flexibility index (Phi) is 4.81. The minimum atomic E-state index is -0.307. The van der Waals surface area contributed by atoms with Crippen LogP contribution in [0.2, 0.25) is 0 Å². The predicted octanol–water partition coefficient (Wildman–Crippen LogP) is 7.14. The van der Waals surface area contributed by atoms with Crippen molar-refractivity contribution < 1.29 is 9.59 Å². The van der Waals surface area contributed by atoms with Crippen LogP contribution in [0.4, 0.5) is 0 Å². The van der Waals surface area contributed by atoms with Crippen molar-refractivity contribution in [3.05, 3.63) is 0 Å². The number of fused-ring (bicyclic) bond motifs is 7.